The molecule has 0 spiro atoms. The molecule has 5 nitrogen and oxygen atoms in total. The molecule has 0 unspecified atom stereocenters. The van der Waals surface area contributed by atoms with Gasteiger partial charge in [-0.05, 0) is 55.6 Å². The fraction of sp³-hybridized carbons (Fsp3) is 0.294. The standard InChI is InChI=1S/C17H17Cl2N3O2/c18-12-7-15(19)17(21-9-12)24-14-5-3-13(4-6-14)22-16(23)10-20-8-11-1-2-11/h3-7,9,11,20H,1-2,8,10H2,(H,22,23). The van der Waals surface area contributed by atoms with Crippen LogP contribution >= 0.6 is 23.2 Å². The summed E-state index contributed by atoms with van der Waals surface area (Å²) >= 11 is 11.8. The highest BCUT2D eigenvalue weighted by Crippen LogP contribution is 2.29. The summed E-state index contributed by atoms with van der Waals surface area (Å²) in [4.78, 5) is 15.9. The number of hydrogen-bond donors (Lipinski definition) is 2. The predicted molar refractivity (Wildman–Crippen MR) is 95.0 cm³/mol. The monoisotopic (exact) mass is 365 g/mol. The van der Waals surface area contributed by atoms with E-state index < -0.39 is 0 Å². The van der Waals surface area contributed by atoms with Crippen LogP contribution in [0.3, 0.4) is 0 Å². The predicted octanol–water partition coefficient (Wildman–Crippen LogP) is 4.12. The summed E-state index contributed by atoms with van der Waals surface area (Å²) in [5, 5.41) is 6.76. The van der Waals surface area contributed by atoms with E-state index in [0.29, 0.717) is 28.0 Å². The van der Waals surface area contributed by atoms with Gasteiger partial charge in [-0.15, -0.1) is 0 Å². The molecule has 1 aromatic carbocycles. The van der Waals surface area contributed by atoms with Gasteiger partial charge in [-0.25, -0.2) is 4.98 Å². The van der Waals surface area contributed by atoms with E-state index in [1.54, 1.807) is 30.3 Å². The first-order valence-corrected chi connectivity index (χ1v) is 8.45. The quantitative estimate of drug-likeness (QED) is 0.774. The molecule has 0 aliphatic heterocycles. The van der Waals surface area contributed by atoms with Crippen molar-refractivity contribution in [1.82, 2.24) is 10.3 Å². The Bertz CT molecular complexity index is 718. The Morgan fingerprint density at radius 2 is 2.00 bits per heavy atom. The van der Waals surface area contributed by atoms with E-state index in [-0.39, 0.29) is 11.8 Å². The highest BCUT2D eigenvalue weighted by atomic mass is 35.5. The molecule has 126 valence electrons. The molecule has 1 saturated carbocycles. The van der Waals surface area contributed by atoms with E-state index in [9.17, 15) is 4.79 Å². The van der Waals surface area contributed by atoms with Crippen LogP contribution in [-0.2, 0) is 4.79 Å². The van der Waals surface area contributed by atoms with Gasteiger partial charge in [0.15, 0.2) is 0 Å². The number of carbonyl (C=O) groups is 1. The number of nitrogens with one attached hydrogen (secondary N) is 2. The maximum atomic E-state index is 11.8. The van der Waals surface area contributed by atoms with Crippen LogP contribution < -0.4 is 15.4 Å². The molecule has 1 fully saturated rings. The first kappa shape index (κ1) is 17.0. The van der Waals surface area contributed by atoms with Crippen molar-refractivity contribution >= 4 is 34.8 Å². The molecule has 0 saturated heterocycles. The lowest BCUT2D eigenvalue weighted by atomic mass is 10.3. The second kappa shape index (κ2) is 7.83. The lowest BCUT2D eigenvalue weighted by Crippen LogP contribution is -2.29. The number of pyridine rings is 1. The minimum Gasteiger partial charge on any atom is -0.438 e. The SMILES string of the molecule is O=C(CNCC1CC1)Nc1ccc(Oc2ncc(Cl)cc2Cl)cc1. The van der Waals surface area contributed by atoms with Gasteiger partial charge in [0.2, 0.25) is 11.8 Å². The molecule has 1 aromatic heterocycles. The molecule has 7 heteroatoms. The van der Waals surface area contributed by atoms with Crippen LogP contribution in [0.2, 0.25) is 10.0 Å². The van der Waals surface area contributed by atoms with Crippen molar-refractivity contribution in [2.24, 2.45) is 5.92 Å². The van der Waals surface area contributed by atoms with Gasteiger partial charge in [-0.3, -0.25) is 4.79 Å². The summed E-state index contributed by atoms with van der Waals surface area (Å²) in [5.74, 6) is 1.54. The van der Waals surface area contributed by atoms with Gasteiger partial charge in [0, 0.05) is 11.9 Å². The molecule has 1 aliphatic rings. The number of nitrogens with zero attached hydrogens (tertiary/aromatic N) is 1. The van der Waals surface area contributed by atoms with Crippen LogP contribution in [0.25, 0.3) is 0 Å². The van der Waals surface area contributed by atoms with Crippen LogP contribution in [-0.4, -0.2) is 24.0 Å². The van der Waals surface area contributed by atoms with E-state index >= 15 is 0 Å². The molecule has 1 heterocycles. The first-order chi connectivity index (χ1) is 11.6. The first-order valence-electron chi connectivity index (χ1n) is 7.69. The number of benzene rings is 1. The zero-order chi connectivity index (χ0) is 16.9. The fourth-order valence-electron chi connectivity index (χ4n) is 2.11. The number of carbonyl (C=O) groups excluding carboxylic acids is 1. The number of ether oxygens (including phenoxy) is 1. The molecule has 0 radical (unpaired) electrons. The largest absolute Gasteiger partial charge is 0.438 e. The molecular weight excluding hydrogens is 349 g/mol. The zero-order valence-corrected chi connectivity index (χ0v) is 14.4. The van der Waals surface area contributed by atoms with Crippen LogP contribution in [0, 0.1) is 5.92 Å². The topological polar surface area (TPSA) is 63.2 Å². The highest BCUT2D eigenvalue weighted by Gasteiger charge is 2.20. The van der Waals surface area contributed by atoms with Crippen molar-refractivity contribution in [1.29, 1.82) is 0 Å². The minimum atomic E-state index is -0.0632. The van der Waals surface area contributed by atoms with Crippen molar-refractivity contribution in [3.8, 4) is 11.6 Å². The summed E-state index contributed by atoms with van der Waals surface area (Å²) in [6, 6.07) is 8.56. The number of rotatable bonds is 7. The third-order valence-electron chi connectivity index (χ3n) is 3.54. The Labute approximate surface area is 150 Å². The Balaban J connectivity index is 1.51. The maximum absolute atomic E-state index is 11.8. The fourth-order valence-corrected chi connectivity index (χ4v) is 2.53. The number of halogens is 2. The molecule has 2 aromatic rings. The van der Waals surface area contributed by atoms with Crippen LogP contribution in [0.1, 0.15) is 12.8 Å². The van der Waals surface area contributed by atoms with Crippen molar-refractivity contribution in [2.45, 2.75) is 12.8 Å². The lowest BCUT2D eigenvalue weighted by Gasteiger charge is -2.09. The lowest BCUT2D eigenvalue weighted by molar-refractivity contribution is -0.115. The Kier molecular flexibility index (Phi) is 5.56. The van der Waals surface area contributed by atoms with Gasteiger partial charge in [0.25, 0.3) is 0 Å². The number of aromatic nitrogens is 1. The van der Waals surface area contributed by atoms with Gasteiger partial charge in [-0.1, -0.05) is 23.2 Å². The van der Waals surface area contributed by atoms with E-state index in [1.807, 2.05) is 0 Å². The van der Waals surface area contributed by atoms with Gasteiger partial charge in [0.05, 0.1) is 11.6 Å². The van der Waals surface area contributed by atoms with E-state index in [1.165, 1.54) is 19.0 Å². The summed E-state index contributed by atoms with van der Waals surface area (Å²) in [5.41, 5.74) is 0.704. The van der Waals surface area contributed by atoms with Gasteiger partial charge < -0.3 is 15.4 Å². The normalized spacial score (nSPS) is 13.6. The molecule has 0 atom stereocenters. The Morgan fingerprint density at radius 1 is 1.25 bits per heavy atom. The van der Waals surface area contributed by atoms with E-state index in [2.05, 4.69) is 15.6 Å². The Morgan fingerprint density at radius 3 is 2.67 bits per heavy atom. The number of hydrogen-bond acceptors (Lipinski definition) is 4. The summed E-state index contributed by atoms with van der Waals surface area (Å²) < 4.78 is 5.60. The zero-order valence-electron chi connectivity index (χ0n) is 12.9. The molecule has 1 amide bonds. The molecule has 3 rings (SSSR count). The maximum Gasteiger partial charge on any atom is 0.238 e. The van der Waals surface area contributed by atoms with Crippen molar-refractivity contribution in [3.05, 3.63) is 46.6 Å². The highest BCUT2D eigenvalue weighted by molar-refractivity contribution is 6.35. The third-order valence-corrected chi connectivity index (χ3v) is 4.02. The Hall–Kier alpha value is -1.82. The molecule has 1 aliphatic carbocycles. The smallest absolute Gasteiger partial charge is 0.238 e. The van der Waals surface area contributed by atoms with Crippen LogP contribution in [0.4, 0.5) is 5.69 Å². The van der Waals surface area contributed by atoms with Gasteiger partial charge >= 0.3 is 0 Å². The van der Waals surface area contributed by atoms with E-state index in [4.69, 9.17) is 27.9 Å². The molecular formula is C17H17Cl2N3O2. The van der Waals surface area contributed by atoms with Gasteiger partial charge in [0.1, 0.15) is 10.8 Å². The second-order valence-corrected chi connectivity index (χ2v) is 6.53. The number of amides is 1. The third kappa shape index (κ3) is 5.09. The van der Waals surface area contributed by atoms with Crippen molar-refractivity contribution in [2.75, 3.05) is 18.4 Å². The van der Waals surface area contributed by atoms with E-state index in [0.717, 1.165) is 12.5 Å². The summed E-state index contributed by atoms with van der Waals surface area (Å²) in [6.45, 7) is 1.23. The average Bonchev–Trinajstić information content (AvgIpc) is 3.36. The molecule has 2 N–H and O–H groups in total. The molecule has 24 heavy (non-hydrogen) atoms. The number of anilines is 1. The average molecular weight is 366 g/mol. The van der Waals surface area contributed by atoms with Crippen LogP contribution in [0.5, 0.6) is 11.6 Å². The summed E-state index contributed by atoms with van der Waals surface area (Å²) in [7, 11) is 0. The van der Waals surface area contributed by atoms with Crippen LogP contribution in [0.15, 0.2) is 36.5 Å². The minimum absolute atomic E-state index is 0.0632. The second-order valence-electron chi connectivity index (χ2n) is 5.69. The van der Waals surface area contributed by atoms with Gasteiger partial charge in [-0.2, -0.15) is 0 Å². The molecule has 0 bridgehead atoms. The summed E-state index contributed by atoms with van der Waals surface area (Å²) in [6.07, 6.45) is 4.00. The van der Waals surface area contributed by atoms with Crippen molar-refractivity contribution in [3.63, 3.8) is 0 Å². The van der Waals surface area contributed by atoms with Crippen molar-refractivity contribution < 1.29 is 9.53 Å².